The van der Waals surface area contributed by atoms with Crippen LogP contribution in [-0.2, 0) is 4.74 Å². The average molecular weight is 321 g/mol. The molecule has 2 rings (SSSR count). The molecule has 0 unspecified atom stereocenters. The van der Waals surface area contributed by atoms with Gasteiger partial charge in [-0.25, -0.2) is 9.97 Å². The first-order valence-electron chi connectivity index (χ1n) is 6.73. The molecule has 0 atom stereocenters. The van der Waals surface area contributed by atoms with Gasteiger partial charge in [0.2, 0.25) is 5.95 Å². The van der Waals surface area contributed by atoms with E-state index in [1.165, 1.54) is 6.20 Å². The van der Waals surface area contributed by atoms with Crippen molar-refractivity contribution < 1.29 is 9.53 Å². The number of nitrogens with zero attached hydrogens (tertiary/aromatic N) is 2. The van der Waals surface area contributed by atoms with Crippen molar-refractivity contribution >= 4 is 29.1 Å². The number of ether oxygens (including phenoxy) is 1. The van der Waals surface area contributed by atoms with Gasteiger partial charge in [0, 0.05) is 30.6 Å². The molecule has 0 spiro atoms. The minimum absolute atomic E-state index is 0.273. The van der Waals surface area contributed by atoms with Crippen LogP contribution in [0.15, 0.2) is 30.5 Å². The molecular formula is C15H17ClN4O2. The standard InChI is InChI=1S/C15H17ClN4O2/c1-10-3-4-11(16)9-13(10)20-15-18-6-5-12(19-15)14(21)17-7-8-22-2/h3-6,9H,7-8H2,1-2H3,(H,17,21)(H,18,19,20). The number of hydrogen-bond acceptors (Lipinski definition) is 5. The Bertz CT molecular complexity index is 664. The number of aryl methyl sites for hydroxylation is 1. The molecule has 116 valence electrons. The topological polar surface area (TPSA) is 76.1 Å². The van der Waals surface area contributed by atoms with Crippen molar-refractivity contribution in [3.63, 3.8) is 0 Å². The first-order chi connectivity index (χ1) is 10.6. The predicted molar refractivity (Wildman–Crippen MR) is 85.7 cm³/mol. The average Bonchev–Trinajstić information content (AvgIpc) is 2.51. The summed E-state index contributed by atoms with van der Waals surface area (Å²) in [5.41, 5.74) is 2.08. The number of rotatable bonds is 6. The highest BCUT2D eigenvalue weighted by Gasteiger charge is 2.09. The molecule has 0 radical (unpaired) electrons. The molecule has 2 aromatic rings. The van der Waals surface area contributed by atoms with E-state index in [1.54, 1.807) is 19.2 Å². The van der Waals surface area contributed by atoms with Crippen molar-refractivity contribution in [1.29, 1.82) is 0 Å². The number of carbonyl (C=O) groups is 1. The van der Waals surface area contributed by atoms with Crippen LogP contribution in [0.4, 0.5) is 11.6 Å². The van der Waals surface area contributed by atoms with Crippen LogP contribution < -0.4 is 10.6 Å². The summed E-state index contributed by atoms with van der Waals surface area (Å²) in [5, 5.41) is 6.39. The quantitative estimate of drug-likeness (QED) is 0.800. The highest BCUT2D eigenvalue weighted by atomic mass is 35.5. The van der Waals surface area contributed by atoms with Crippen LogP contribution in [0.5, 0.6) is 0 Å². The zero-order valence-electron chi connectivity index (χ0n) is 12.4. The van der Waals surface area contributed by atoms with Gasteiger partial charge in [-0.15, -0.1) is 0 Å². The molecular weight excluding hydrogens is 304 g/mol. The van der Waals surface area contributed by atoms with Gasteiger partial charge in [-0.3, -0.25) is 4.79 Å². The highest BCUT2D eigenvalue weighted by Crippen LogP contribution is 2.22. The van der Waals surface area contributed by atoms with Crippen LogP contribution in [0.3, 0.4) is 0 Å². The van der Waals surface area contributed by atoms with E-state index in [-0.39, 0.29) is 11.6 Å². The second-order valence-corrected chi connectivity index (χ2v) is 5.03. The van der Waals surface area contributed by atoms with Crippen LogP contribution in [-0.4, -0.2) is 36.1 Å². The summed E-state index contributed by atoms with van der Waals surface area (Å²) in [7, 11) is 1.58. The molecule has 0 saturated carbocycles. The Labute approximate surface area is 133 Å². The van der Waals surface area contributed by atoms with Gasteiger partial charge < -0.3 is 15.4 Å². The number of amides is 1. The Morgan fingerprint density at radius 3 is 2.95 bits per heavy atom. The van der Waals surface area contributed by atoms with E-state index in [0.717, 1.165) is 11.3 Å². The lowest BCUT2D eigenvalue weighted by atomic mass is 10.2. The monoisotopic (exact) mass is 320 g/mol. The molecule has 0 aliphatic carbocycles. The predicted octanol–water partition coefficient (Wildman–Crippen LogP) is 2.56. The van der Waals surface area contributed by atoms with Gasteiger partial charge in [0.15, 0.2) is 0 Å². The maximum atomic E-state index is 11.9. The molecule has 0 bridgehead atoms. The molecule has 22 heavy (non-hydrogen) atoms. The molecule has 0 aliphatic rings. The lowest BCUT2D eigenvalue weighted by molar-refractivity contribution is 0.0932. The number of nitrogens with one attached hydrogen (secondary N) is 2. The number of halogens is 1. The van der Waals surface area contributed by atoms with Crippen molar-refractivity contribution in [3.05, 3.63) is 46.7 Å². The summed E-state index contributed by atoms with van der Waals surface area (Å²) in [6.07, 6.45) is 1.53. The minimum atomic E-state index is -0.273. The van der Waals surface area contributed by atoms with E-state index in [0.29, 0.717) is 24.1 Å². The largest absolute Gasteiger partial charge is 0.383 e. The SMILES string of the molecule is COCCNC(=O)c1ccnc(Nc2cc(Cl)ccc2C)n1. The first-order valence-corrected chi connectivity index (χ1v) is 7.11. The van der Waals surface area contributed by atoms with Crippen LogP contribution >= 0.6 is 11.6 Å². The maximum Gasteiger partial charge on any atom is 0.270 e. The second-order valence-electron chi connectivity index (χ2n) is 4.60. The van der Waals surface area contributed by atoms with Gasteiger partial charge in [0.05, 0.1) is 6.61 Å². The van der Waals surface area contributed by atoms with E-state index in [4.69, 9.17) is 16.3 Å². The number of anilines is 2. The van der Waals surface area contributed by atoms with Crippen LogP contribution in [0, 0.1) is 6.92 Å². The van der Waals surface area contributed by atoms with Gasteiger partial charge in [-0.1, -0.05) is 17.7 Å². The van der Waals surface area contributed by atoms with Crippen molar-refractivity contribution in [3.8, 4) is 0 Å². The smallest absolute Gasteiger partial charge is 0.270 e. The number of benzene rings is 1. The molecule has 7 heteroatoms. The van der Waals surface area contributed by atoms with Gasteiger partial charge in [-0.2, -0.15) is 0 Å². The van der Waals surface area contributed by atoms with Crippen molar-refractivity contribution in [2.45, 2.75) is 6.92 Å². The van der Waals surface area contributed by atoms with Crippen LogP contribution in [0.1, 0.15) is 16.1 Å². The van der Waals surface area contributed by atoms with E-state index in [2.05, 4.69) is 20.6 Å². The van der Waals surface area contributed by atoms with E-state index in [9.17, 15) is 4.79 Å². The summed E-state index contributed by atoms with van der Waals surface area (Å²) >= 11 is 5.98. The molecule has 6 nitrogen and oxygen atoms in total. The van der Waals surface area contributed by atoms with Crippen molar-refractivity contribution in [2.75, 3.05) is 25.6 Å². The number of hydrogen-bond donors (Lipinski definition) is 2. The third-order valence-corrected chi connectivity index (χ3v) is 3.16. The van der Waals surface area contributed by atoms with Crippen LogP contribution in [0.25, 0.3) is 0 Å². The summed E-state index contributed by atoms with van der Waals surface area (Å²) in [4.78, 5) is 20.3. The van der Waals surface area contributed by atoms with E-state index >= 15 is 0 Å². The zero-order chi connectivity index (χ0) is 15.9. The lowest BCUT2D eigenvalue weighted by Crippen LogP contribution is -2.27. The van der Waals surface area contributed by atoms with Gasteiger partial charge >= 0.3 is 0 Å². The number of methoxy groups -OCH3 is 1. The molecule has 1 heterocycles. The summed E-state index contributed by atoms with van der Waals surface area (Å²) < 4.78 is 4.88. The Kier molecular flexibility index (Phi) is 5.68. The number of aromatic nitrogens is 2. The molecule has 1 aromatic heterocycles. The fourth-order valence-electron chi connectivity index (χ4n) is 1.75. The maximum absolute atomic E-state index is 11.9. The molecule has 0 aliphatic heterocycles. The summed E-state index contributed by atoms with van der Waals surface area (Å²) in [6, 6.07) is 7.04. The minimum Gasteiger partial charge on any atom is -0.383 e. The van der Waals surface area contributed by atoms with Crippen molar-refractivity contribution in [2.24, 2.45) is 0 Å². The third kappa shape index (κ3) is 4.41. The molecule has 1 amide bonds. The highest BCUT2D eigenvalue weighted by molar-refractivity contribution is 6.30. The number of carbonyl (C=O) groups excluding carboxylic acids is 1. The summed E-state index contributed by atoms with van der Waals surface area (Å²) in [5.74, 6) is 0.0649. The van der Waals surface area contributed by atoms with Crippen LogP contribution in [0.2, 0.25) is 5.02 Å². The van der Waals surface area contributed by atoms with Gasteiger partial charge in [-0.05, 0) is 30.7 Å². The Hall–Kier alpha value is -2.18. The molecule has 0 fully saturated rings. The first kappa shape index (κ1) is 16.2. The Morgan fingerprint density at radius 2 is 2.18 bits per heavy atom. The third-order valence-electron chi connectivity index (χ3n) is 2.93. The Morgan fingerprint density at radius 1 is 1.36 bits per heavy atom. The molecule has 1 aromatic carbocycles. The van der Waals surface area contributed by atoms with Gasteiger partial charge in [0.1, 0.15) is 5.69 Å². The zero-order valence-corrected chi connectivity index (χ0v) is 13.1. The van der Waals surface area contributed by atoms with E-state index < -0.39 is 0 Å². The summed E-state index contributed by atoms with van der Waals surface area (Å²) in [6.45, 7) is 2.82. The fraction of sp³-hybridized carbons (Fsp3) is 0.267. The normalized spacial score (nSPS) is 10.3. The fourth-order valence-corrected chi connectivity index (χ4v) is 1.92. The van der Waals surface area contributed by atoms with E-state index in [1.807, 2.05) is 19.1 Å². The molecule has 2 N–H and O–H groups in total. The second kappa shape index (κ2) is 7.72. The molecule has 0 saturated heterocycles. The Balaban J connectivity index is 2.11. The van der Waals surface area contributed by atoms with Gasteiger partial charge in [0.25, 0.3) is 5.91 Å². The van der Waals surface area contributed by atoms with Crippen molar-refractivity contribution in [1.82, 2.24) is 15.3 Å². The lowest BCUT2D eigenvalue weighted by Gasteiger charge is -2.09.